The largest absolute Gasteiger partial charge is 0.367 e. The number of nitrogens with one attached hydrogen (secondary N) is 1. The standard InChI is InChI=1S/C21H25BrF2N8/c1-21(2,3)26-19-14(11-13(22)12-25-19)20-27-28-29-32(20)16-6-5-15(17(23)18(16)24)31-9-7-30(4)8-10-31/h5-6,11-12H,7-10H2,1-4H3,(H,25,26). The SMILES string of the molecule is CN1CCN(c2ccc(-n3nnnc3-c3cc(Br)cnc3NC(C)(C)C)c(F)c2F)CC1. The Kier molecular flexibility index (Phi) is 6.13. The summed E-state index contributed by atoms with van der Waals surface area (Å²) in [5.41, 5.74) is 0.451. The molecule has 0 aliphatic carbocycles. The van der Waals surface area contributed by atoms with Crippen LogP contribution in [0.15, 0.2) is 28.9 Å². The van der Waals surface area contributed by atoms with Crippen molar-refractivity contribution >= 4 is 27.4 Å². The maximum absolute atomic E-state index is 15.2. The molecule has 0 saturated carbocycles. The molecule has 170 valence electrons. The lowest BCUT2D eigenvalue weighted by Crippen LogP contribution is -2.44. The van der Waals surface area contributed by atoms with Gasteiger partial charge in [0, 0.05) is 42.4 Å². The maximum atomic E-state index is 15.2. The third kappa shape index (κ3) is 4.58. The summed E-state index contributed by atoms with van der Waals surface area (Å²) in [4.78, 5) is 8.44. The minimum atomic E-state index is -0.997. The molecule has 1 aromatic carbocycles. The Hall–Kier alpha value is -2.66. The lowest BCUT2D eigenvalue weighted by atomic mass is 10.1. The molecule has 1 fully saturated rings. The summed E-state index contributed by atoms with van der Waals surface area (Å²) in [7, 11) is 2.01. The minimum Gasteiger partial charge on any atom is -0.367 e. The second-order valence-electron chi connectivity index (χ2n) is 8.86. The number of aromatic nitrogens is 5. The van der Waals surface area contributed by atoms with Crippen molar-refractivity contribution in [1.82, 2.24) is 30.1 Å². The van der Waals surface area contributed by atoms with E-state index >= 15 is 8.78 Å². The van der Waals surface area contributed by atoms with Gasteiger partial charge in [-0.2, -0.15) is 4.68 Å². The highest BCUT2D eigenvalue weighted by atomic mass is 79.9. The Morgan fingerprint density at radius 3 is 2.38 bits per heavy atom. The first-order valence-corrected chi connectivity index (χ1v) is 11.1. The molecular formula is C21H25BrF2N8. The number of nitrogens with zero attached hydrogens (tertiary/aromatic N) is 7. The summed E-state index contributed by atoms with van der Waals surface area (Å²) < 4.78 is 32.2. The van der Waals surface area contributed by atoms with Crippen molar-refractivity contribution in [3.8, 4) is 17.1 Å². The van der Waals surface area contributed by atoms with Crippen LogP contribution in [-0.2, 0) is 0 Å². The van der Waals surface area contributed by atoms with Crippen LogP contribution in [0.2, 0.25) is 0 Å². The van der Waals surface area contributed by atoms with Gasteiger partial charge in [0.2, 0.25) is 0 Å². The fraction of sp³-hybridized carbons (Fsp3) is 0.429. The van der Waals surface area contributed by atoms with Crippen LogP contribution in [0.25, 0.3) is 17.1 Å². The number of benzene rings is 1. The third-order valence-corrected chi connectivity index (χ3v) is 5.61. The van der Waals surface area contributed by atoms with Crippen LogP contribution in [0.5, 0.6) is 0 Å². The average molecular weight is 507 g/mol. The van der Waals surface area contributed by atoms with E-state index in [1.165, 1.54) is 10.7 Å². The van der Waals surface area contributed by atoms with E-state index < -0.39 is 11.6 Å². The number of hydrogen-bond donors (Lipinski definition) is 1. The Labute approximate surface area is 193 Å². The summed E-state index contributed by atoms with van der Waals surface area (Å²) in [6.45, 7) is 8.83. The molecule has 8 nitrogen and oxygen atoms in total. The smallest absolute Gasteiger partial charge is 0.190 e. The number of likely N-dealkylation sites (N-methyl/N-ethyl adjacent to an activating group) is 1. The van der Waals surface area contributed by atoms with E-state index in [0.29, 0.717) is 28.9 Å². The van der Waals surface area contributed by atoms with Gasteiger partial charge in [0.1, 0.15) is 11.5 Å². The van der Waals surface area contributed by atoms with Gasteiger partial charge >= 0.3 is 0 Å². The summed E-state index contributed by atoms with van der Waals surface area (Å²) in [6.07, 6.45) is 1.65. The van der Waals surface area contributed by atoms with Crippen LogP contribution in [0.3, 0.4) is 0 Å². The molecule has 0 radical (unpaired) electrons. The van der Waals surface area contributed by atoms with Crippen LogP contribution >= 0.6 is 15.9 Å². The van der Waals surface area contributed by atoms with Gasteiger partial charge < -0.3 is 15.1 Å². The third-order valence-electron chi connectivity index (χ3n) is 5.17. The van der Waals surface area contributed by atoms with E-state index in [0.717, 1.165) is 13.1 Å². The predicted molar refractivity (Wildman–Crippen MR) is 123 cm³/mol. The zero-order valence-corrected chi connectivity index (χ0v) is 20.0. The van der Waals surface area contributed by atoms with Crippen LogP contribution in [0, 0.1) is 11.6 Å². The first kappa shape index (κ1) is 22.5. The summed E-state index contributed by atoms with van der Waals surface area (Å²) in [5.74, 6) is -1.12. The Balaban J connectivity index is 1.75. The first-order valence-electron chi connectivity index (χ1n) is 10.3. The van der Waals surface area contributed by atoms with Crippen molar-refractivity contribution in [3.05, 3.63) is 40.5 Å². The van der Waals surface area contributed by atoms with E-state index in [2.05, 4.69) is 46.7 Å². The number of rotatable bonds is 4. The zero-order valence-electron chi connectivity index (χ0n) is 18.4. The Morgan fingerprint density at radius 1 is 1.03 bits per heavy atom. The number of tetrazole rings is 1. The van der Waals surface area contributed by atoms with E-state index in [9.17, 15) is 0 Å². The molecule has 0 amide bonds. The fourth-order valence-corrected chi connectivity index (χ4v) is 3.90. The second-order valence-corrected chi connectivity index (χ2v) is 9.78. The van der Waals surface area contributed by atoms with Gasteiger partial charge in [-0.25, -0.2) is 13.8 Å². The van der Waals surface area contributed by atoms with Crippen LogP contribution in [-0.4, -0.2) is 68.9 Å². The molecule has 3 aromatic rings. The van der Waals surface area contributed by atoms with Gasteiger partial charge in [-0.05, 0) is 72.4 Å². The second kappa shape index (κ2) is 8.70. The molecule has 0 spiro atoms. The van der Waals surface area contributed by atoms with Gasteiger partial charge in [0.25, 0.3) is 0 Å². The molecule has 1 saturated heterocycles. The quantitative estimate of drug-likeness (QED) is 0.577. The summed E-state index contributed by atoms with van der Waals surface area (Å²) >= 11 is 3.42. The molecule has 11 heteroatoms. The number of halogens is 3. The van der Waals surface area contributed by atoms with Gasteiger partial charge in [-0.15, -0.1) is 5.10 Å². The van der Waals surface area contributed by atoms with Crippen molar-refractivity contribution in [3.63, 3.8) is 0 Å². The molecule has 0 unspecified atom stereocenters. The van der Waals surface area contributed by atoms with Gasteiger partial charge in [0.05, 0.1) is 11.3 Å². The van der Waals surface area contributed by atoms with E-state index in [1.807, 2.05) is 32.7 Å². The lowest BCUT2D eigenvalue weighted by molar-refractivity contribution is 0.311. The zero-order chi connectivity index (χ0) is 23.0. The molecule has 1 aliphatic heterocycles. The first-order chi connectivity index (χ1) is 15.1. The van der Waals surface area contributed by atoms with Crippen molar-refractivity contribution in [2.45, 2.75) is 26.3 Å². The molecule has 0 bridgehead atoms. The van der Waals surface area contributed by atoms with E-state index in [-0.39, 0.29) is 22.7 Å². The monoisotopic (exact) mass is 506 g/mol. The molecule has 3 heterocycles. The number of pyridine rings is 1. The Bertz CT molecular complexity index is 1120. The number of piperazine rings is 1. The number of anilines is 2. The molecule has 1 aliphatic rings. The van der Waals surface area contributed by atoms with E-state index in [1.54, 1.807) is 18.3 Å². The average Bonchev–Trinajstić information content (AvgIpc) is 3.20. The molecular weight excluding hydrogens is 482 g/mol. The fourth-order valence-electron chi connectivity index (χ4n) is 3.57. The van der Waals surface area contributed by atoms with Crippen LogP contribution in [0.4, 0.5) is 20.3 Å². The molecule has 32 heavy (non-hydrogen) atoms. The molecule has 1 N–H and O–H groups in total. The summed E-state index contributed by atoms with van der Waals surface area (Å²) in [6, 6.07) is 4.88. The van der Waals surface area contributed by atoms with Crippen molar-refractivity contribution in [2.75, 3.05) is 43.4 Å². The van der Waals surface area contributed by atoms with Crippen molar-refractivity contribution in [2.24, 2.45) is 0 Å². The highest BCUT2D eigenvalue weighted by Crippen LogP contribution is 2.32. The van der Waals surface area contributed by atoms with Gasteiger partial charge in [0.15, 0.2) is 17.5 Å². The van der Waals surface area contributed by atoms with Crippen molar-refractivity contribution < 1.29 is 8.78 Å². The maximum Gasteiger partial charge on any atom is 0.190 e. The van der Waals surface area contributed by atoms with E-state index in [4.69, 9.17) is 0 Å². The predicted octanol–water partition coefficient (Wildman–Crippen LogP) is 3.73. The van der Waals surface area contributed by atoms with Gasteiger partial charge in [-0.3, -0.25) is 0 Å². The number of hydrogen-bond acceptors (Lipinski definition) is 7. The highest BCUT2D eigenvalue weighted by molar-refractivity contribution is 9.10. The Morgan fingerprint density at radius 2 is 1.69 bits per heavy atom. The van der Waals surface area contributed by atoms with Crippen molar-refractivity contribution in [1.29, 1.82) is 0 Å². The van der Waals surface area contributed by atoms with Crippen LogP contribution in [0.1, 0.15) is 20.8 Å². The molecule has 4 rings (SSSR count). The lowest BCUT2D eigenvalue weighted by Gasteiger charge is -2.34. The van der Waals surface area contributed by atoms with Gasteiger partial charge in [-0.1, -0.05) is 0 Å². The molecule has 0 atom stereocenters. The highest BCUT2D eigenvalue weighted by Gasteiger charge is 2.25. The minimum absolute atomic E-state index is 0.0675. The van der Waals surface area contributed by atoms with Crippen LogP contribution < -0.4 is 10.2 Å². The topological polar surface area (TPSA) is 75.0 Å². The summed E-state index contributed by atoms with van der Waals surface area (Å²) in [5, 5.41) is 15.1. The normalized spacial score (nSPS) is 15.3. The molecule has 2 aromatic heterocycles.